The molecule has 1 aromatic rings. The Hall–Kier alpha value is -1.13. The first-order chi connectivity index (χ1) is 13.3. The zero-order valence-electron chi connectivity index (χ0n) is 17.3. The van der Waals surface area contributed by atoms with Crippen LogP contribution in [0, 0.1) is 28.6 Å². The number of hydrogen-bond acceptors (Lipinski definition) is 4. The Morgan fingerprint density at radius 1 is 1.04 bits per heavy atom. The van der Waals surface area contributed by atoms with Gasteiger partial charge >= 0.3 is 5.63 Å². The molecule has 1 aromatic heterocycles. The van der Waals surface area contributed by atoms with Gasteiger partial charge in [-0.3, -0.25) is 0 Å². The highest BCUT2D eigenvalue weighted by molar-refractivity contribution is 5.27. The van der Waals surface area contributed by atoms with E-state index in [4.69, 9.17) is 10.2 Å². The van der Waals surface area contributed by atoms with Crippen molar-refractivity contribution in [2.24, 2.45) is 34.3 Å². The lowest BCUT2D eigenvalue weighted by atomic mass is 9.43. The van der Waals surface area contributed by atoms with Gasteiger partial charge in [0.15, 0.2) is 0 Å². The number of nitrogens with two attached hydrogens (primary N) is 1. The zero-order chi connectivity index (χ0) is 19.7. The minimum atomic E-state index is -0.607. The summed E-state index contributed by atoms with van der Waals surface area (Å²) in [6.07, 6.45) is 11.6. The molecule has 2 unspecified atom stereocenters. The maximum atomic E-state index is 12.2. The lowest BCUT2D eigenvalue weighted by Crippen LogP contribution is -2.62. The van der Waals surface area contributed by atoms with Crippen LogP contribution < -0.4 is 11.4 Å². The van der Waals surface area contributed by atoms with E-state index >= 15 is 0 Å². The van der Waals surface area contributed by atoms with Crippen LogP contribution in [0.3, 0.4) is 0 Å². The third kappa shape index (κ3) is 2.40. The average molecular weight is 386 g/mol. The van der Waals surface area contributed by atoms with Crippen molar-refractivity contribution in [3.05, 3.63) is 34.4 Å². The largest absolute Gasteiger partial charge is 0.431 e. The summed E-state index contributed by atoms with van der Waals surface area (Å²) in [5.41, 5.74) is 6.70. The van der Waals surface area contributed by atoms with E-state index in [1.54, 1.807) is 6.26 Å². The van der Waals surface area contributed by atoms with Crippen LogP contribution in [0.15, 0.2) is 27.6 Å². The van der Waals surface area contributed by atoms with Crippen LogP contribution in [-0.2, 0) is 0 Å². The summed E-state index contributed by atoms with van der Waals surface area (Å²) in [7, 11) is 0. The predicted octanol–water partition coefficient (Wildman–Crippen LogP) is 4.21. The highest BCUT2D eigenvalue weighted by Crippen LogP contribution is 2.70. The van der Waals surface area contributed by atoms with Gasteiger partial charge in [0.2, 0.25) is 0 Å². The minimum absolute atomic E-state index is 0.137. The molecule has 154 valence electrons. The molecule has 0 bridgehead atoms. The van der Waals surface area contributed by atoms with Crippen LogP contribution in [0.2, 0.25) is 0 Å². The summed E-state index contributed by atoms with van der Waals surface area (Å²) >= 11 is 0. The van der Waals surface area contributed by atoms with E-state index in [2.05, 4.69) is 13.8 Å². The van der Waals surface area contributed by atoms with Crippen LogP contribution in [-0.4, -0.2) is 16.7 Å². The second kappa shape index (κ2) is 6.18. The second-order valence-corrected chi connectivity index (χ2v) is 10.9. The summed E-state index contributed by atoms with van der Waals surface area (Å²) in [5, 5.41) is 12.2. The van der Waals surface area contributed by atoms with Gasteiger partial charge in [-0.15, -0.1) is 0 Å². The van der Waals surface area contributed by atoms with E-state index in [0.717, 1.165) is 43.6 Å². The van der Waals surface area contributed by atoms with Gasteiger partial charge in [-0.2, -0.15) is 0 Å². The van der Waals surface area contributed by atoms with Crippen molar-refractivity contribution in [1.82, 2.24) is 0 Å². The van der Waals surface area contributed by atoms with Gasteiger partial charge in [-0.1, -0.05) is 13.8 Å². The maximum absolute atomic E-state index is 12.2. The Morgan fingerprint density at radius 2 is 1.86 bits per heavy atom. The normalized spacial score (nSPS) is 50.5. The molecule has 0 radical (unpaired) electrons. The van der Waals surface area contributed by atoms with E-state index in [0.29, 0.717) is 23.3 Å². The maximum Gasteiger partial charge on any atom is 0.335 e. The van der Waals surface area contributed by atoms with Gasteiger partial charge in [-0.25, -0.2) is 4.79 Å². The third-order valence-electron chi connectivity index (χ3n) is 10.0. The fraction of sp³-hybridized carbons (Fsp3) is 0.792. The van der Waals surface area contributed by atoms with Gasteiger partial charge in [-0.05, 0) is 98.5 Å². The van der Waals surface area contributed by atoms with Crippen molar-refractivity contribution in [1.29, 1.82) is 0 Å². The first-order valence-corrected chi connectivity index (χ1v) is 11.3. The van der Waals surface area contributed by atoms with E-state index < -0.39 is 5.60 Å². The molecule has 4 aliphatic rings. The van der Waals surface area contributed by atoms with Crippen molar-refractivity contribution >= 4 is 0 Å². The van der Waals surface area contributed by atoms with Gasteiger partial charge < -0.3 is 15.3 Å². The predicted molar refractivity (Wildman–Crippen MR) is 109 cm³/mol. The Balaban J connectivity index is 1.48. The van der Waals surface area contributed by atoms with Gasteiger partial charge in [0.1, 0.15) is 0 Å². The van der Waals surface area contributed by atoms with Gasteiger partial charge in [0, 0.05) is 17.5 Å². The summed E-state index contributed by atoms with van der Waals surface area (Å²) in [6.45, 7) is 4.81. The number of rotatable bonds is 1. The van der Waals surface area contributed by atoms with Crippen molar-refractivity contribution in [2.45, 2.75) is 89.2 Å². The average Bonchev–Trinajstić information content (AvgIpc) is 2.95. The summed E-state index contributed by atoms with van der Waals surface area (Å²) in [6, 6.07) is 3.81. The molecule has 4 fully saturated rings. The molecule has 4 saturated carbocycles. The molecule has 0 saturated heterocycles. The molecule has 1 heterocycles. The molecule has 3 N–H and O–H groups in total. The number of aliphatic hydroxyl groups is 1. The van der Waals surface area contributed by atoms with Crippen molar-refractivity contribution < 1.29 is 9.52 Å². The highest BCUT2D eigenvalue weighted by Gasteiger charge is 2.67. The molecular weight excluding hydrogens is 350 g/mol. The highest BCUT2D eigenvalue weighted by atomic mass is 16.4. The number of hydrogen-bond donors (Lipinski definition) is 2. The second-order valence-electron chi connectivity index (χ2n) is 10.9. The smallest absolute Gasteiger partial charge is 0.335 e. The quantitative estimate of drug-likeness (QED) is 0.759. The minimum Gasteiger partial charge on any atom is -0.431 e. The molecule has 4 aliphatic carbocycles. The van der Waals surface area contributed by atoms with E-state index in [1.165, 1.54) is 31.7 Å². The molecule has 8 atom stereocenters. The Labute approximate surface area is 167 Å². The molecule has 5 rings (SSSR count). The van der Waals surface area contributed by atoms with Crippen molar-refractivity contribution in [2.75, 3.05) is 0 Å². The molecule has 4 nitrogen and oxygen atoms in total. The molecule has 0 aliphatic heterocycles. The summed E-state index contributed by atoms with van der Waals surface area (Å²) in [4.78, 5) is 11.4. The topological polar surface area (TPSA) is 76.5 Å². The molecule has 28 heavy (non-hydrogen) atoms. The molecule has 0 aromatic carbocycles. The van der Waals surface area contributed by atoms with Crippen molar-refractivity contribution in [3.8, 4) is 0 Å². The lowest BCUT2D eigenvalue weighted by Gasteiger charge is -2.63. The molecule has 0 amide bonds. The standard InChI is InChI=1S/C24H35NO3/c1-22-10-7-17(25)13-16(22)4-5-20-19(22)8-11-23(2)18(9-12-24(20,23)27)15-3-6-21(26)28-14-15/h3,6,14,16-20,27H,4-5,7-13,25H2,1-2H3/t16-,17+,18-,19?,20?,22+,23-,24+/m1/s1. The molecule has 0 spiro atoms. The monoisotopic (exact) mass is 385 g/mol. The van der Waals surface area contributed by atoms with Gasteiger partial charge in [0.05, 0.1) is 11.9 Å². The first-order valence-electron chi connectivity index (χ1n) is 11.3. The Bertz CT molecular complexity index is 800. The van der Waals surface area contributed by atoms with E-state index in [-0.39, 0.29) is 17.0 Å². The van der Waals surface area contributed by atoms with E-state index in [1.807, 2.05) is 6.07 Å². The lowest BCUT2D eigenvalue weighted by molar-refractivity contribution is -0.201. The SMILES string of the molecule is C[C@]12CC[C@H](N)C[C@H]1CCC1C2CC[C@]2(C)[C@@H](c3ccc(=O)oc3)CC[C@]12O. The number of fused-ring (bicyclic) bond motifs is 5. The summed E-state index contributed by atoms with van der Waals surface area (Å²) < 4.78 is 5.18. The van der Waals surface area contributed by atoms with Crippen molar-refractivity contribution in [3.63, 3.8) is 0 Å². The fourth-order valence-electron chi connectivity index (χ4n) is 8.36. The Morgan fingerprint density at radius 3 is 2.61 bits per heavy atom. The third-order valence-corrected chi connectivity index (χ3v) is 10.0. The fourth-order valence-corrected chi connectivity index (χ4v) is 8.36. The van der Waals surface area contributed by atoms with Crippen LogP contribution in [0.1, 0.15) is 83.1 Å². The van der Waals surface area contributed by atoms with Crippen LogP contribution in [0.5, 0.6) is 0 Å². The molecule has 4 heteroatoms. The van der Waals surface area contributed by atoms with E-state index in [9.17, 15) is 9.90 Å². The Kier molecular flexibility index (Phi) is 4.17. The van der Waals surface area contributed by atoms with Crippen LogP contribution >= 0.6 is 0 Å². The van der Waals surface area contributed by atoms with Crippen LogP contribution in [0.4, 0.5) is 0 Å². The molecular formula is C24H35NO3. The van der Waals surface area contributed by atoms with Gasteiger partial charge in [0.25, 0.3) is 0 Å². The first kappa shape index (κ1) is 18.9. The zero-order valence-corrected chi connectivity index (χ0v) is 17.3. The summed E-state index contributed by atoms with van der Waals surface area (Å²) in [5.74, 6) is 2.01. The van der Waals surface area contributed by atoms with Crippen LogP contribution in [0.25, 0.3) is 0 Å².